The second-order valence-electron chi connectivity index (χ2n) is 2.02. The molecular formula is C5H11NO2S. The Balaban J connectivity index is 4.03. The van der Waals surface area contributed by atoms with Gasteiger partial charge in [-0.25, -0.2) is 8.42 Å². The van der Waals surface area contributed by atoms with Crippen molar-refractivity contribution in [1.82, 2.24) is 0 Å². The van der Waals surface area contributed by atoms with Crippen molar-refractivity contribution in [3.8, 4) is 0 Å². The summed E-state index contributed by atoms with van der Waals surface area (Å²) in [5, 5.41) is 1.11. The van der Waals surface area contributed by atoms with E-state index in [1.807, 2.05) is 0 Å². The van der Waals surface area contributed by atoms with Gasteiger partial charge in [-0.1, -0.05) is 6.08 Å². The van der Waals surface area contributed by atoms with Crippen molar-refractivity contribution in [1.29, 1.82) is 0 Å². The summed E-state index contributed by atoms with van der Waals surface area (Å²) in [5.41, 5.74) is 5.25. The van der Waals surface area contributed by atoms with Gasteiger partial charge in [0.2, 0.25) is 0 Å². The van der Waals surface area contributed by atoms with Gasteiger partial charge < -0.3 is 5.73 Å². The van der Waals surface area contributed by atoms with E-state index >= 15 is 0 Å². The molecule has 0 saturated heterocycles. The van der Waals surface area contributed by atoms with E-state index in [1.54, 1.807) is 6.92 Å². The molecule has 0 bridgehead atoms. The van der Waals surface area contributed by atoms with E-state index in [0.29, 0.717) is 0 Å². The van der Waals surface area contributed by atoms with Gasteiger partial charge >= 0.3 is 0 Å². The molecule has 0 aromatic carbocycles. The molecule has 1 unspecified atom stereocenters. The molecule has 0 saturated carbocycles. The van der Waals surface area contributed by atoms with Crippen LogP contribution in [0.2, 0.25) is 0 Å². The molecule has 0 aliphatic heterocycles. The van der Waals surface area contributed by atoms with Crippen molar-refractivity contribution in [3.05, 3.63) is 11.5 Å². The highest BCUT2D eigenvalue weighted by atomic mass is 32.2. The summed E-state index contributed by atoms with van der Waals surface area (Å²) in [6, 6.07) is -0.195. The molecule has 0 fully saturated rings. The molecule has 2 N–H and O–H groups in total. The lowest BCUT2D eigenvalue weighted by molar-refractivity contribution is 0.610. The zero-order valence-corrected chi connectivity index (χ0v) is 6.35. The second kappa shape index (κ2) is 2.98. The molecule has 0 radical (unpaired) electrons. The maximum absolute atomic E-state index is 10.4. The lowest BCUT2D eigenvalue weighted by atomic mass is 10.4. The van der Waals surface area contributed by atoms with Crippen molar-refractivity contribution >= 4 is 9.84 Å². The second-order valence-corrected chi connectivity index (χ2v) is 3.95. The smallest absolute Gasteiger partial charge is 0.168 e. The van der Waals surface area contributed by atoms with Crippen molar-refractivity contribution in [2.75, 3.05) is 6.26 Å². The Kier molecular flexibility index (Phi) is 2.87. The Bertz CT molecular complexity index is 191. The third kappa shape index (κ3) is 7.65. The molecule has 4 heteroatoms. The van der Waals surface area contributed by atoms with Crippen molar-refractivity contribution < 1.29 is 8.42 Å². The minimum atomic E-state index is -2.98. The van der Waals surface area contributed by atoms with Gasteiger partial charge in [0.05, 0.1) is 0 Å². The quantitative estimate of drug-likeness (QED) is 0.596. The Labute approximate surface area is 55.5 Å². The summed E-state index contributed by atoms with van der Waals surface area (Å²) in [7, 11) is -2.98. The van der Waals surface area contributed by atoms with Crippen LogP contribution in [0, 0.1) is 0 Å². The maximum Gasteiger partial charge on any atom is 0.168 e. The van der Waals surface area contributed by atoms with Crippen LogP contribution in [0.5, 0.6) is 0 Å². The standard InChI is InChI=1S/C5H11NO2S/c1-5(6)3-4-9(2,7)8/h3-5H,6H2,1-2H3. The summed E-state index contributed by atoms with van der Waals surface area (Å²) in [4.78, 5) is 0. The largest absolute Gasteiger partial charge is 0.325 e. The Morgan fingerprint density at radius 3 is 2.11 bits per heavy atom. The van der Waals surface area contributed by atoms with Crippen LogP contribution in [0.1, 0.15) is 6.92 Å². The monoisotopic (exact) mass is 149 g/mol. The molecule has 3 nitrogen and oxygen atoms in total. The molecule has 0 rings (SSSR count). The predicted octanol–water partition coefficient (Wildman–Crippen LogP) is -0.108. The van der Waals surface area contributed by atoms with Gasteiger partial charge in [0.15, 0.2) is 9.84 Å². The number of hydrogen-bond donors (Lipinski definition) is 1. The molecule has 1 atom stereocenters. The van der Waals surface area contributed by atoms with Crippen LogP contribution >= 0.6 is 0 Å². The molecule has 0 aliphatic rings. The molecule has 0 heterocycles. The Morgan fingerprint density at radius 2 is 2.00 bits per heavy atom. The van der Waals surface area contributed by atoms with E-state index in [0.717, 1.165) is 11.7 Å². The fourth-order valence-corrected chi connectivity index (χ4v) is 0.800. The number of nitrogens with two attached hydrogens (primary N) is 1. The predicted molar refractivity (Wildman–Crippen MR) is 37.6 cm³/mol. The van der Waals surface area contributed by atoms with Crippen LogP contribution in [0.15, 0.2) is 11.5 Å². The minimum Gasteiger partial charge on any atom is -0.325 e. The van der Waals surface area contributed by atoms with Crippen molar-refractivity contribution in [2.45, 2.75) is 13.0 Å². The van der Waals surface area contributed by atoms with Crippen LogP contribution in [-0.2, 0) is 9.84 Å². The van der Waals surface area contributed by atoms with Crippen LogP contribution in [0.25, 0.3) is 0 Å². The minimum absolute atomic E-state index is 0.195. The highest BCUT2D eigenvalue weighted by Crippen LogP contribution is 1.86. The summed E-state index contributed by atoms with van der Waals surface area (Å²) in [5.74, 6) is 0. The van der Waals surface area contributed by atoms with Crippen molar-refractivity contribution in [3.63, 3.8) is 0 Å². The SMILES string of the molecule is CC(N)C=CS(C)(=O)=O. The highest BCUT2D eigenvalue weighted by Gasteiger charge is 1.92. The van der Waals surface area contributed by atoms with E-state index < -0.39 is 9.84 Å². The van der Waals surface area contributed by atoms with Gasteiger partial charge in [-0.3, -0.25) is 0 Å². The zero-order valence-electron chi connectivity index (χ0n) is 5.53. The van der Waals surface area contributed by atoms with Crippen LogP contribution in [0.3, 0.4) is 0 Å². The lowest BCUT2D eigenvalue weighted by Crippen LogP contribution is -2.10. The van der Waals surface area contributed by atoms with E-state index in [1.165, 1.54) is 6.08 Å². The van der Waals surface area contributed by atoms with Gasteiger partial charge in [0, 0.05) is 17.7 Å². The third-order valence-electron chi connectivity index (χ3n) is 0.629. The summed E-state index contributed by atoms with van der Waals surface area (Å²) in [6.45, 7) is 1.71. The van der Waals surface area contributed by atoms with Gasteiger partial charge in [-0.2, -0.15) is 0 Å². The number of sulfone groups is 1. The van der Waals surface area contributed by atoms with E-state index in [9.17, 15) is 8.42 Å². The molecule has 0 aromatic heterocycles. The average molecular weight is 149 g/mol. The lowest BCUT2D eigenvalue weighted by Gasteiger charge is -1.91. The number of hydrogen-bond acceptors (Lipinski definition) is 3. The Hall–Kier alpha value is -0.350. The van der Waals surface area contributed by atoms with Crippen LogP contribution in [-0.4, -0.2) is 20.7 Å². The summed E-state index contributed by atoms with van der Waals surface area (Å²) in [6.07, 6.45) is 2.57. The zero-order chi connectivity index (χ0) is 7.49. The highest BCUT2D eigenvalue weighted by molar-refractivity contribution is 7.93. The molecule has 0 amide bonds. The molecule has 0 spiro atoms. The van der Waals surface area contributed by atoms with Gasteiger partial charge in [-0.05, 0) is 6.92 Å². The third-order valence-corrected chi connectivity index (χ3v) is 1.28. The van der Waals surface area contributed by atoms with E-state index in [-0.39, 0.29) is 6.04 Å². The normalized spacial score (nSPS) is 16.3. The molecule has 0 aromatic rings. The first-order valence-electron chi connectivity index (χ1n) is 2.55. The fraction of sp³-hybridized carbons (Fsp3) is 0.600. The van der Waals surface area contributed by atoms with Crippen LogP contribution < -0.4 is 5.73 Å². The summed E-state index contributed by atoms with van der Waals surface area (Å²) < 4.78 is 20.8. The fourth-order valence-electron chi connectivity index (χ4n) is 0.267. The maximum atomic E-state index is 10.4. The molecule has 9 heavy (non-hydrogen) atoms. The molecular weight excluding hydrogens is 138 g/mol. The first-order chi connectivity index (χ1) is 3.92. The average Bonchev–Trinajstić information content (AvgIpc) is 1.59. The first kappa shape index (κ1) is 8.65. The Morgan fingerprint density at radius 1 is 1.56 bits per heavy atom. The topological polar surface area (TPSA) is 60.2 Å². The van der Waals surface area contributed by atoms with Gasteiger partial charge in [0.1, 0.15) is 0 Å². The van der Waals surface area contributed by atoms with Gasteiger partial charge in [0.25, 0.3) is 0 Å². The first-order valence-corrected chi connectivity index (χ1v) is 4.51. The molecule has 54 valence electrons. The van der Waals surface area contributed by atoms with Crippen LogP contribution in [0.4, 0.5) is 0 Å². The van der Waals surface area contributed by atoms with Gasteiger partial charge in [-0.15, -0.1) is 0 Å². The van der Waals surface area contributed by atoms with E-state index in [4.69, 9.17) is 5.73 Å². The molecule has 0 aliphatic carbocycles. The van der Waals surface area contributed by atoms with Crippen molar-refractivity contribution in [2.24, 2.45) is 5.73 Å². The summed E-state index contributed by atoms with van der Waals surface area (Å²) >= 11 is 0. The number of rotatable bonds is 2. The van der Waals surface area contributed by atoms with E-state index in [2.05, 4.69) is 0 Å².